The summed E-state index contributed by atoms with van der Waals surface area (Å²) in [6.07, 6.45) is 0.209. The monoisotopic (exact) mass is 355 g/mol. The average Bonchev–Trinajstić information content (AvgIpc) is 2.34. The molecule has 9 heteroatoms. The van der Waals surface area contributed by atoms with Crippen molar-refractivity contribution in [2.24, 2.45) is 5.73 Å². The lowest BCUT2D eigenvalue weighted by atomic mass is 10.2. The number of hydrogen-bond acceptors (Lipinski definition) is 4. The number of rotatable bonds is 7. The van der Waals surface area contributed by atoms with Crippen molar-refractivity contribution in [2.75, 3.05) is 13.1 Å². The highest BCUT2D eigenvalue weighted by Gasteiger charge is 2.13. The minimum absolute atomic E-state index is 0. The number of amides is 1. The summed E-state index contributed by atoms with van der Waals surface area (Å²) in [5, 5.41) is 2.92. The van der Waals surface area contributed by atoms with E-state index in [0.29, 0.717) is 5.02 Å². The third-order valence-electron chi connectivity index (χ3n) is 2.35. The van der Waals surface area contributed by atoms with Crippen molar-refractivity contribution in [3.05, 3.63) is 29.3 Å². The number of halogens is 2. The lowest BCUT2D eigenvalue weighted by Crippen LogP contribution is -2.36. The number of carbonyl (C=O) groups excluding carboxylic acids is 1. The van der Waals surface area contributed by atoms with E-state index in [1.54, 1.807) is 19.1 Å². The van der Waals surface area contributed by atoms with Crippen molar-refractivity contribution in [3.8, 4) is 0 Å². The van der Waals surface area contributed by atoms with Crippen molar-refractivity contribution in [1.29, 1.82) is 0 Å². The zero-order valence-corrected chi connectivity index (χ0v) is 13.9. The molecule has 0 saturated carbocycles. The van der Waals surface area contributed by atoms with Gasteiger partial charge in [0.15, 0.2) is 0 Å². The van der Waals surface area contributed by atoms with Gasteiger partial charge in [0.05, 0.1) is 4.90 Å². The van der Waals surface area contributed by atoms with Crippen LogP contribution in [-0.2, 0) is 14.8 Å². The van der Waals surface area contributed by atoms with Crippen molar-refractivity contribution in [1.82, 2.24) is 10.0 Å². The summed E-state index contributed by atoms with van der Waals surface area (Å²) in [5.74, 6) is -0.207. The second kappa shape index (κ2) is 9.22. The Balaban J connectivity index is 0.00000400. The van der Waals surface area contributed by atoms with Gasteiger partial charge in [-0.3, -0.25) is 4.79 Å². The molecule has 0 aliphatic carbocycles. The van der Waals surface area contributed by atoms with Crippen LogP contribution in [0.15, 0.2) is 29.2 Å². The molecule has 0 aliphatic heterocycles. The van der Waals surface area contributed by atoms with Crippen molar-refractivity contribution >= 4 is 39.9 Å². The van der Waals surface area contributed by atoms with E-state index in [-0.39, 0.29) is 48.8 Å². The Bertz CT molecular complexity index is 565. The van der Waals surface area contributed by atoms with Gasteiger partial charge in [-0.05, 0) is 25.1 Å². The number of nitrogens with one attached hydrogen (secondary N) is 2. The molecule has 4 N–H and O–H groups in total. The van der Waals surface area contributed by atoms with Gasteiger partial charge >= 0.3 is 0 Å². The van der Waals surface area contributed by atoms with Crippen LogP contribution in [0.2, 0.25) is 5.02 Å². The van der Waals surface area contributed by atoms with Gasteiger partial charge in [0.1, 0.15) is 0 Å². The van der Waals surface area contributed by atoms with Gasteiger partial charge in [-0.1, -0.05) is 17.7 Å². The van der Waals surface area contributed by atoms with Crippen LogP contribution in [0.3, 0.4) is 0 Å². The fraction of sp³-hybridized carbons (Fsp3) is 0.417. The summed E-state index contributed by atoms with van der Waals surface area (Å²) >= 11 is 5.74. The molecule has 0 radical (unpaired) electrons. The van der Waals surface area contributed by atoms with Gasteiger partial charge in [-0.2, -0.15) is 0 Å². The summed E-state index contributed by atoms with van der Waals surface area (Å²) in [7, 11) is -3.61. The lowest BCUT2D eigenvalue weighted by molar-refractivity contribution is -0.121. The highest BCUT2D eigenvalue weighted by molar-refractivity contribution is 7.89. The summed E-state index contributed by atoms with van der Waals surface area (Å²) in [4.78, 5) is 11.4. The van der Waals surface area contributed by atoms with Gasteiger partial charge in [0.2, 0.25) is 15.9 Å². The van der Waals surface area contributed by atoms with Crippen LogP contribution in [0.5, 0.6) is 0 Å². The summed E-state index contributed by atoms with van der Waals surface area (Å²) in [5.41, 5.74) is 5.47. The standard InChI is InChI=1S/C12H18ClN3O3S.ClH/c1-9(14)7-12(17)15-5-6-16-20(18,19)11-4-2-3-10(13)8-11;/h2-4,8-9,16H,5-7,14H2,1H3,(H,15,17);1H. The van der Waals surface area contributed by atoms with Crippen LogP contribution in [0.25, 0.3) is 0 Å². The summed E-state index contributed by atoms with van der Waals surface area (Å²) in [6, 6.07) is 5.73. The molecule has 21 heavy (non-hydrogen) atoms. The largest absolute Gasteiger partial charge is 0.355 e. The van der Waals surface area contributed by atoms with E-state index in [0.717, 1.165) is 0 Å². The van der Waals surface area contributed by atoms with Gasteiger partial charge in [-0.15, -0.1) is 12.4 Å². The Morgan fingerprint density at radius 3 is 2.62 bits per heavy atom. The molecular formula is C12H19Cl2N3O3S. The normalized spacial score (nSPS) is 12.3. The van der Waals surface area contributed by atoms with E-state index in [1.807, 2.05) is 0 Å². The Kier molecular flexibility index (Phi) is 8.84. The molecule has 1 amide bonds. The maximum atomic E-state index is 11.9. The van der Waals surface area contributed by atoms with E-state index >= 15 is 0 Å². The van der Waals surface area contributed by atoms with Crippen LogP contribution in [-0.4, -0.2) is 33.5 Å². The van der Waals surface area contributed by atoms with E-state index in [2.05, 4.69) is 10.0 Å². The van der Waals surface area contributed by atoms with Gasteiger partial charge in [-0.25, -0.2) is 13.1 Å². The van der Waals surface area contributed by atoms with E-state index in [1.165, 1.54) is 12.1 Å². The van der Waals surface area contributed by atoms with Crippen molar-refractivity contribution in [3.63, 3.8) is 0 Å². The fourth-order valence-electron chi connectivity index (χ4n) is 1.47. The Morgan fingerprint density at radius 1 is 1.38 bits per heavy atom. The second-order valence-corrected chi connectivity index (χ2v) is 6.59. The molecule has 0 heterocycles. The third kappa shape index (κ3) is 7.63. The van der Waals surface area contributed by atoms with Crippen LogP contribution in [0.1, 0.15) is 13.3 Å². The first-order valence-corrected chi connectivity index (χ1v) is 7.95. The molecule has 1 rings (SSSR count). The average molecular weight is 356 g/mol. The van der Waals surface area contributed by atoms with Crippen LogP contribution in [0, 0.1) is 0 Å². The summed E-state index contributed by atoms with van der Waals surface area (Å²) < 4.78 is 26.2. The first-order chi connectivity index (χ1) is 9.31. The van der Waals surface area contributed by atoms with Gasteiger partial charge in [0, 0.05) is 30.6 Å². The number of hydrogen-bond donors (Lipinski definition) is 3. The highest BCUT2D eigenvalue weighted by atomic mass is 35.5. The predicted octanol–water partition coefficient (Wildman–Crippen LogP) is 0.894. The molecule has 0 spiro atoms. The van der Waals surface area contributed by atoms with Crippen molar-refractivity contribution in [2.45, 2.75) is 24.3 Å². The fourth-order valence-corrected chi connectivity index (χ4v) is 2.80. The molecule has 0 aromatic heterocycles. The van der Waals surface area contributed by atoms with Gasteiger partial charge in [0.25, 0.3) is 0 Å². The molecule has 1 atom stereocenters. The molecule has 0 fully saturated rings. The van der Waals surface area contributed by atoms with Crippen LogP contribution in [0.4, 0.5) is 0 Å². The molecule has 0 bridgehead atoms. The third-order valence-corrected chi connectivity index (χ3v) is 4.05. The van der Waals surface area contributed by atoms with Crippen molar-refractivity contribution < 1.29 is 13.2 Å². The Hall–Kier alpha value is -0.860. The van der Waals surface area contributed by atoms with Crippen LogP contribution >= 0.6 is 24.0 Å². The molecule has 120 valence electrons. The summed E-state index contributed by atoms with van der Waals surface area (Å²) in [6.45, 7) is 2.02. The molecule has 1 aromatic carbocycles. The number of carbonyl (C=O) groups is 1. The number of sulfonamides is 1. The van der Waals surface area contributed by atoms with Crippen LogP contribution < -0.4 is 15.8 Å². The van der Waals surface area contributed by atoms with E-state index in [4.69, 9.17) is 17.3 Å². The molecule has 0 saturated heterocycles. The Labute approximate surface area is 135 Å². The van der Waals surface area contributed by atoms with E-state index in [9.17, 15) is 13.2 Å². The lowest BCUT2D eigenvalue weighted by Gasteiger charge is -2.09. The highest BCUT2D eigenvalue weighted by Crippen LogP contribution is 2.14. The SMILES string of the molecule is CC(N)CC(=O)NCCNS(=O)(=O)c1cccc(Cl)c1.Cl. The predicted molar refractivity (Wildman–Crippen MR) is 85.2 cm³/mol. The molecular weight excluding hydrogens is 337 g/mol. The number of benzene rings is 1. The maximum Gasteiger partial charge on any atom is 0.240 e. The molecule has 1 unspecified atom stereocenters. The molecule has 6 nitrogen and oxygen atoms in total. The molecule has 1 aromatic rings. The maximum absolute atomic E-state index is 11.9. The number of nitrogens with two attached hydrogens (primary N) is 1. The topological polar surface area (TPSA) is 101 Å². The zero-order chi connectivity index (χ0) is 15.2. The zero-order valence-electron chi connectivity index (χ0n) is 11.5. The first-order valence-electron chi connectivity index (χ1n) is 6.09. The minimum Gasteiger partial charge on any atom is -0.355 e. The van der Waals surface area contributed by atoms with Gasteiger partial charge < -0.3 is 11.1 Å². The first kappa shape index (κ1) is 20.1. The smallest absolute Gasteiger partial charge is 0.240 e. The molecule has 0 aliphatic rings. The van der Waals surface area contributed by atoms with E-state index < -0.39 is 10.0 Å². The quantitative estimate of drug-likeness (QED) is 0.632. The Morgan fingerprint density at radius 2 is 2.05 bits per heavy atom. The minimum atomic E-state index is -3.61. The second-order valence-electron chi connectivity index (χ2n) is 4.39.